The highest BCUT2D eigenvalue weighted by Crippen LogP contribution is 2.34. The Labute approximate surface area is 173 Å². The molecule has 0 radical (unpaired) electrons. The number of fused-ring (bicyclic) bond motifs is 1. The smallest absolute Gasteiger partial charge is 0.435 e. The Morgan fingerprint density at radius 2 is 2.20 bits per heavy atom. The minimum Gasteiger partial charge on any atom is -0.484 e. The molecule has 7 nitrogen and oxygen atoms in total. The lowest BCUT2D eigenvalue weighted by Crippen LogP contribution is -2.39. The summed E-state index contributed by atoms with van der Waals surface area (Å²) in [7, 11) is 0. The maximum absolute atomic E-state index is 13.1. The van der Waals surface area contributed by atoms with Crippen molar-refractivity contribution in [2.45, 2.75) is 25.7 Å². The summed E-state index contributed by atoms with van der Waals surface area (Å²) in [5.74, 6) is 1.03. The maximum atomic E-state index is 13.1. The van der Waals surface area contributed by atoms with Crippen LogP contribution in [-0.4, -0.2) is 27.7 Å². The monoisotopic (exact) mass is 440 g/mol. The fourth-order valence-corrected chi connectivity index (χ4v) is 3.38. The molecule has 4 rings (SSSR count). The van der Waals surface area contributed by atoms with E-state index in [1.165, 1.54) is 17.2 Å². The second kappa shape index (κ2) is 7.94. The number of nitrogens with zero attached hydrogens (tertiary/aromatic N) is 2. The fraction of sp³-hybridized carbons (Fsp3) is 0.263. The first-order valence-electron chi connectivity index (χ1n) is 8.95. The molecule has 0 unspecified atom stereocenters. The van der Waals surface area contributed by atoms with Crippen LogP contribution in [0.4, 0.5) is 23.7 Å². The molecule has 2 N–H and O–H groups in total. The van der Waals surface area contributed by atoms with Gasteiger partial charge in [0, 0.05) is 29.9 Å². The molecule has 0 saturated carbocycles. The number of furan rings is 1. The average Bonchev–Trinajstić information content (AvgIpc) is 3.36. The third kappa shape index (κ3) is 4.23. The number of benzene rings is 1. The van der Waals surface area contributed by atoms with Crippen LogP contribution in [-0.2, 0) is 25.7 Å². The van der Waals surface area contributed by atoms with Gasteiger partial charge in [-0.05, 0) is 30.3 Å². The number of carbonyl (C=O) groups excluding carboxylic acids is 1. The first-order chi connectivity index (χ1) is 14.3. The highest BCUT2D eigenvalue weighted by Gasteiger charge is 2.39. The first kappa shape index (κ1) is 20.1. The van der Waals surface area contributed by atoms with Crippen molar-refractivity contribution in [2.24, 2.45) is 0 Å². The van der Waals surface area contributed by atoms with Crippen molar-refractivity contribution in [3.63, 3.8) is 0 Å². The number of nitrogens with one attached hydrogen (secondary N) is 2. The number of amides is 2. The third-order valence-corrected chi connectivity index (χ3v) is 4.92. The molecule has 11 heteroatoms. The summed E-state index contributed by atoms with van der Waals surface area (Å²) in [6.07, 6.45) is -2.79. The predicted octanol–water partition coefficient (Wildman–Crippen LogP) is 4.84. The van der Waals surface area contributed by atoms with Gasteiger partial charge in [0.1, 0.15) is 18.1 Å². The van der Waals surface area contributed by atoms with Gasteiger partial charge in [0.2, 0.25) is 0 Å². The van der Waals surface area contributed by atoms with Crippen LogP contribution in [0.5, 0.6) is 5.75 Å². The molecule has 0 bridgehead atoms. The van der Waals surface area contributed by atoms with E-state index in [-0.39, 0.29) is 36.7 Å². The summed E-state index contributed by atoms with van der Waals surface area (Å²) in [6, 6.07) is 7.66. The molecule has 1 aliphatic heterocycles. The van der Waals surface area contributed by atoms with Crippen LogP contribution in [0.1, 0.15) is 22.7 Å². The lowest BCUT2D eigenvalue weighted by molar-refractivity contribution is -0.142. The minimum absolute atomic E-state index is 0.0105. The summed E-state index contributed by atoms with van der Waals surface area (Å²) < 4.78 is 50.0. The highest BCUT2D eigenvalue weighted by molar-refractivity contribution is 6.32. The van der Waals surface area contributed by atoms with E-state index in [0.29, 0.717) is 22.9 Å². The van der Waals surface area contributed by atoms with Crippen molar-refractivity contribution >= 4 is 23.3 Å². The zero-order valence-electron chi connectivity index (χ0n) is 15.4. The molecule has 3 heterocycles. The van der Waals surface area contributed by atoms with Gasteiger partial charge in [-0.3, -0.25) is 5.10 Å². The van der Waals surface area contributed by atoms with Crippen molar-refractivity contribution in [3.8, 4) is 5.75 Å². The molecule has 2 aromatic heterocycles. The van der Waals surface area contributed by atoms with Crippen LogP contribution in [0.2, 0.25) is 5.02 Å². The molecule has 1 aliphatic rings. The van der Waals surface area contributed by atoms with Crippen molar-refractivity contribution in [1.29, 1.82) is 0 Å². The van der Waals surface area contributed by atoms with Crippen LogP contribution in [0.25, 0.3) is 0 Å². The number of aromatic amines is 1. The van der Waals surface area contributed by atoms with Gasteiger partial charge in [0.25, 0.3) is 0 Å². The number of rotatable bonds is 4. The summed E-state index contributed by atoms with van der Waals surface area (Å²) in [6.45, 7) is 0.266. The molecule has 0 aliphatic carbocycles. The summed E-state index contributed by atoms with van der Waals surface area (Å²) in [5, 5.41) is 8.69. The van der Waals surface area contributed by atoms with E-state index in [1.54, 1.807) is 24.3 Å². The molecule has 0 fully saturated rings. The normalized spacial score (nSPS) is 13.8. The number of H-pyrrole nitrogens is 1. The van der Waals surface area contributed by atoms with E-state index < -0.39 is 17.9 Å². The van der Waals surface area contributed by atoms with E-state index in [2.05, 4.69) is 15.5 Å². The topological polar surface area (TPSA) is 83.4 Å². The molecule has 0 atom stereocenters. The van der Waals surface area contributed by atoms with Crippen LogP contribution >= 0.6 is 11.6 Å². The zero-order valence-corrected chi connectivity index (χ0v) is 16.2. The van der Waals surface area contributed by atoms with E-state index in [4.69, 9.17) is 20.8 Å². The van der Waals surface area contributed by atoms with Crippen molar-refractivity contribution in [3.05, 3.63) is 64.3 Å². The van der Waals surface area contributed by atoms with Crippen molar-refractivity contribution < 1.29 is 27.1 Å². The number of alkyl halides is 3. The van der Waals surface area contributed by atoms with Gasteiger partial charge >= 0.3 is 12.2 Å². The van der Waals surface area contributed by atoms with Crippen LogP contribution in [0.3, 0.4) is 0 Å². The Morgan fingerprint density at radius 1 is 1.37 bits per heavy atom. The Kier molecular flexibility index (Phi) is 5.33. The zero-order chi connectivity index (χ0) is 21.3. The second-order valence-electron chi connectivity index (χ2n) is 6.64. The largest absolute Gasteiger partial charge is 0.484 e. The van der Waals surface area contributed by atoms with Crippen LogP contribution in [0, 0.1) is 0 Å². The predicted molar refractivity (Wildman–Crippen MR) is 101 cm³/mol. The molecule has 30 heavy (non-hydrogen) atoms. The molecular formula is C19H16ClF3N4O3. The van der Waals surface area contributed by atoms with Gasteiger partial charge in [-0.25, -0.2) is 4.79 Å². The third-order valence-electron chi connectivity index (χ3n) is 4.62. The molecule has 0 saturated heterocycles. The number of halogens is 4. The van der Waals surface area contributed by atoms with Crippen LogP contribution < -0.4 is 10.1 Å². The number of ether oxygens (including phenoxy) is 1. The SMILES string of the molecule is O=C(Nc1ccc(OCc2ccco2)c(Cl)c1)N1CCc2[nH]nc(C(F)(F)F)c2C1. The highest BCUT2D eigenvalue weighted by atomic mass is 35.5. The standard InChI is InChI=1S/C19H16ClF3N4O3/c20-14-8-11(3-4-16(14)30-10-12-2-1-7-29-12)24-18(28)27-6-5-15-13(9-27)17(26-25-15)19(21,22)23/h1-4,7-8H,5-6,9-10H2,(H,24,28)(H,25,26). The van der Waals surface area contributed by atoms with Gasteiger partial charge in [-0.1, -0.05) is 11.6 Å². The maximum Gasteiger partial charge on any atom is 0.435 e. The Morgan fingerprint density at radius 3 is 2.90 bits per heavy atom. The van der Waals surface area contributed by atoms with Crippen LogP contribution in [0.15, 0.2) is 41.0 Å². The number of urea groups is 1. The number of hydrogen-bond acceptors (Lipinski definition) is 4. The van der Waals surface area contributed by atoms with E-state index >= 15 is 0 Å². The molecular weight excluding hydrogens is 425 g/mol. The van der Waals surface area contributed by atoms with E-state index in [0.717, 1.165) is 0 Å². The van der Waals surface area contributed by atoms with Gasteiger partial charge in [-0.2, -0.15) is 18.3 Å². The van der Waals surface area contributed by atoms with Gasteiger partial charge in [-0.15, -0.1) is 0 Å². The number of carbonyl (C=O) groups is 1. The average molecular weight is 441 g/mol. The van der Waals surface area contributed by atoms with Crippen molar-refractivity contribution in [1.82, 2.24) is 15.1 Å². The van der Waals surface area contributed by atoms with Gasteiger partial charge in [0.15, 0.2) is 5.69 Å². The lowest BCUT2D eigenvalue weighted by Gasteiger charge is -2.27. The molecule has 3 aromatic rings. The van der Waals surface area contributed by atoms with Gasteiger partial charge < -0.3 is 19.4 Å². The summed E-state index contributed by atoms with van der Waals surface area (Å²) in [4.78, 5) is 13.8. The minimum atomic E-state index is -4.58. The van der Waals surface area contributed by atoms with Gasteiger partial charge in [0.05, 0.1) is 17.8 Å². The molecule has 2 amide bonds. The van der Waals surface area contributed by atoms with Crippen molar-refractivity contribution in [2.75, 3.05) is 11.9 Å². The quantitative estimate of drug-likeness (QED) is 0.608. The second-order valence-corrected chi connectivity index (χ2v) is 7.05. The first-order valence-corrected chi connectivity index (χ1v) is 9.33. The van der Waals surface area contributed by atoms with E-state index in [1.807, 2.05) is 0 Å². The Bertz CT molecular complexity index is 1050. The number of hydrogen-bond donors (Lipinski definition) is 2. The van der Waals surface area contributed by atoms with E-state index in [9.17, 15) is 18.0 Å². The lowest BCUT2D eigenvalue weighted by atomic mass is 10.1. The number of anilines is 1. The molecule has 1 aromatic carbocycles. The summed E-state index contributed by atoms with van der Waals surface area (Å²) in [5.41, 5.74) is -0.212. The Balaban J connectivity index is 1.40. The summed E-state index contributed by atoms with van der Waals surface area (Å²) >= 11 is 6.20. The molecule has 158 valence electrons. The molecule has 0 spiro atoms. The fourth-order valence-electron chi connectivity index (χ4n) is 3.14. The Hall–Kier alpha value is -3.14. The number of aromatic nitrogens is 2.